The SMILES string of the molecule is CNCC(O)c1cc(C2CCSCC2)ccc1OC. The Morgan fingerprint density at radius 1 is 1.42 bits per heavy atom. The summed E-state index contributed by atoms with van der Waals surface area (Å²) in [6.45, 7) is 0.542. The summed E-state index contributed by atoms with van der Waals surface area (Å²) in [5.41, 5.74) is 2.24. The maximum atomic E-state index is 10.2. The second-order valence-corrected chi connectivity index (χ2v) is 6.19. The van der Waals surface area contributed by atoms with E-state index in [4.69, 9.17) is 4.74 Å². The molecule has 4 heteroatoms. The topological polar surface area (TPSA) is 41.5 Å². The average molecular weight is 281 g/mol. The van der Waals surface area contributed by atoms with E-state index in [1.54, 1.807) is 7.11 Å². The van der Waals surface area contributed by atoms with Gasteiger partial charge in [0.15, 0.2) is 0 Å². The molecule has 19 heavy (non-hydrogen) atoms. The van der Waals surface area contributed by atoms with Crippen molar-refractivity contribution >= 4 is 11.8 Å². The molecule has 0 radical (unpaired) electrons. The molecule has 0 spiro atoms. The fourth-order valence-corrected chi connectivity index (χ4v) is 3.71. The fraction of sp³-hybridized carbons (Fsp3) is 0.600. The molecule has 1 saturated heterocycles. The van der Waals surface area contributed by atoms with Crippen molar-refractivity contribution < 1.29 is 9.84 Å². The Kier molecular flexibility index (Phi) is 5.55. The van der Waals surface area contributed by atoms with E-state index >= 15 is 0 Å². The van der Waals surface area contributed by atoms with Crippen LogP contribution in [0, 0.1) is 0 Å². The number of methoxy groups -OCH3 is 1. The van der Waals surface area contributed by atoms with E-state index in [0.717, 1.165) is 11.3 Å². The van der Waals surface area contributed by atoms with E-state index in [0.29, 0.717) is 12.5 Å². The minimum Gasteiger partial charge on any atom is -0.496 e. The smallest absolute Gasteiger partial charge is 0.124 e. The molecule has 0 aromatic heterocycles. The first-order chi connectivity index (χ1) is 9.26. The standard InChI is InChI=1S/C15H23NO2S/c1-16-10-14(17)13-9-12(3-4-15(13)18-2)11-5-7-19-8-6-11/h3-4,9,11,14,16-17H,5-8,10H2,1-2H3. The summed E-state index contributed by atoms with van der Waals surface area (Å²) in [7, 11) is 3.50. The number of rotatable bonds is 5. The van der Waals surface area contributed by atoms with Crippen LogP contribution in [0.1, 0.15) is 36.0 Å². The van der Waals surface area contributed by atoms with Gasteiger partial charge in [0.1, 0.15) is 5.75 Å². The molecule has 0 amide bonds. The number of ether oxygens (including phenoxy) is 1. The van der Waals surface area contributed by atoms with E-state index in [2.05, 4.69) is 17.4 Å². The normalized spacial score (nSPS) is 18.3. The molecular weight excluding hydrogens is 258 g/mol. The van der Waals surface area contributed by atoms with Crippen LogP contribution in [-0.4, -0.2) is 37.3 Å². The van der Waals surface area contributed by atoms with Crippen molar-refractivity contribution in [1.82, 2.24) is 5.32 Å². The van der Waals surface area contributed by atoms with E-state index < -0.39 is 6.10 Å². The molecule has 1 fully saturated rings. The molecule has 1 aliphatic rings. The molecule has 3 nitrogen and oxygen atoms in total. The first kappa shape index (κ1) is 14.7. The third kappa shape index (κ3) is 3.65. The van der Waals surface area contributed by atoms with Crippen LogP contribution in [0.25, 0.3) is 0 Å². The maximum absolute atomic E-state index is 10.2. The van der Waals surface area contributed by atoms with Gasteiger partial charge in [-0.25, -0.2) is 0 Å². The van der Waals surface area contributed by atoms with Crippen LogP contribution >= 0.6 is 11.8 Å². The van der Waals surface area contributed by atoms with Crippen LogP contribution in [0.2, 0.25) is 0 Å². The van der Waals surface area contributed by atoms with Crippen molar-refractivity contribution in [3.8, 4) is 5.75 Å². The average Bonchev–Trinajstić information content (AvgIpc) is 2.47. The fourth-order valence-electron chi connectivity index (χ4n) is 2.60. The van der Waals surface area contributed by atoms with Crippen LogP contribution in [0.15, 0.2) is 18.2 Å². The van der Waals surface area contributed by atoms with Crippen molar-refractivity contribution in [3.63, 3.8) is 0 Å². The van der Waals surface area contributed by atoms with Gasteiger partial charge in [0.05, 0.1) is 13.2 Å². The van der Waals surface area contributed by atoms with Crippen molar-refractivity contribution in [2.75, 3.05) is 32.2 Å². The van der Waals surface area contributed by atoms with Gasteiger partial charge in [0.2, 0.25) is 0 Å². The molecule has 0 bridgehead atoms. The minimum absolute atomic E-state index is 0.516. The molecule has 106 valence electrons. The largest absolute Gasteiger partial charge is 0.496 e. The van der Waals surface area contributed by atoms with Crippen LogP contribution < -0.4 is 10.1 Å². The van der Waals surface area contributed by atoms with Gasteiger partial charge < -0.3 is 15.2 Å². The summed E-state index contributed by atoms with van der Waals surface area (Å²) in [6.07, 6.45) is 1.95. The molecule has 1 aliphatic heterocycles. The first-order valence-corrected chi connectivity index (χ1v) is 8.00. The summed E-state index contributed by atoms with van der Waals surface area (Å²) in [6, 6.07) is 6.27. The van der Waals surface area contributed by atoms with Crippen molar-refractivity contribution in [3.05, 3.63) is 29.3 Å². The number of hydrogen-bond acceptors (Lipinski definition) is 4. The Bertz CT molecular complexity index is 405. The summed E-state index contributed by atoms with van der Waals surface area (Å²) < 4.78 is 5.36. The predicted octanol–water partition coefficient (Wildman–Crippen LogP) is 2.56. The number of likely N-dealkylation sites (N-methyl/N-ethyl adjacent to an activating group) is 1. The van der Waals surface area contributed by atoms with Crippen molar-refractivity contribution in [2.45, 2.75) is 24.9 Å². The Balaban J connectivity index is 2.23. The number of aliphatic hydroxyl groups is 1. The zero-order valence-electron chi connectivity index (χ0n) is 11.7. The summed E-state index contributed by atoms with van der Waals surface area (Å²) in [5, 5.41) is 13.2. The van der Waals surface area contributed by atoms with E-state index in [-0.39, 0.29) is 0 Å². The molecule has 2 rings (SSSR count). The van der Waals surface area contributed by atoms with Gasteiger partial charge in [-0.3, -0.25) is 0 Å². The summed E-state index contributed by atoms with van der Waals surface area (Å²) in [5.74, 6) is 3.89. The third-order valence-electron chi connectivity index (χ3n) is 3.70. The lowest BCUT2D eigenvalue weighted by atomic mass is 9.91. The number of aliphatic hydroxyl groups excluding tert-OH is 1. The van der Waals surface area contributed by atoms with Crippen LogP contribution in [0.4, 0.5) is 0 Å². The molecule has 1 aromatic rings. The molecule has 0 saturated carbocycles. The van der Waals surface area contributed by atoms with E-state index in [1.165, 1.54) is 29.9 Å². The maximum Gasteiger partial charge on any atom is 0.124 e. The van der Waals surface area contributed by atoms with Crippen LogP contribution in [-0.2, 0) is 0 Å². The molecule has 2 N–H and O–H groups in total. The molecule has 1 unspecified atom stereocenters. The lowest BCUT2D eigenvalue weighted by Crippen LogP contribution is -2.18. The first-order valence-electron chi connectivity index (χ1n) is 6.84. The minimum atomic E-state index is -0.516. The van der Waals surface area contributed by atoms with Gasteiger partial charge in [-0.05, 0) is 55.0 Å². The van der Waals surface area contributed by atoms with Gasteiger partial charge in [0.25, 0.3) is 0 Å². The zero-order valence-corrected chi connectivity index (χ0v) is 12.5. The van der Waals surface area contributed by atoms with E-state index in [9.17, 15) is 5.11 Å². The van der Waals surface area contributed by atoms with Gasteiger partial charge in [-0.1, -0.05) is 6.07 Å². The Morgan fingerprint density at radius 3 is 2.79 bits per heavy atom. The number of nitrogens with one attached hydrogen (secondary N) is 1. The quantitative estimate of drug-likeness (QED) is 0.870. The molecule has 1 atom stereocenters. The van der Waals surface area contributed by atoms with Gasteiger partial charge in [0, 0.05) is 12.1 Å². The summed E-state index contributed by atoms with van der Waals surface area (Å²) >= 11 is 2.04. The molecule has 1 aromatic carbocycles. The Hall–Kier alpha value is -0.710. The van der Waals surface area contributed by atoms with Gasteiger partial charge in [-0.2, -0.15) is 11.8 Å². The Labute approximate surface area is 119 Å². The second-order valence-electron chi connectivity index (χ2n) is 4.96. The van der Waals surface area contributed by atoms with E-state index in [1.807, 2.05) is 24.9 Å². The number of hydrogen-bond donors (Lipinski definition) is 2. The second kappa shape index (κ2) is 7.17. The third-order valence-corrected chi connectivity index (χ3v) is 4.75. The monoisotopic (exact) mass is 281 g/mol. The lowest BCUT2D eigenvalue weighted by molar-refractivity contribution is 0.173. The molecular formula is C15H23NO2S. The number of thioether (sulfide) groups is 1. The highest BCUT2D eigenvalue weighted by molar-refractivity contribution is 7.99. The zero-order chi connectivity index (χ0) is 13.7. The highest BCUT2D eigenvalue weighted by atomic mass is 32.2. The highest BCUT2D eigenvalue weighted by Crippen LogP contribution is 2.35. The lowest BCUT2D eigenvalue weighted by Gasteiger charge is -2.24. The van der Waals surface area contributed by atoms with Crippen molar-refractivity contribution in [1.29, 1.82) is 0 Å². The van der Waals surface area contributed by atoms with Crippen molar-refractivity contribution in [2.24, 2.45) is 0 Å². The predicted molar refractivity (Wildman–Crippen MR) is 81.2 cm³/mol. The Morgan fingerprint density at radius 2 is 2.16 bits per heavy atom. The molecule has 1 heterocycles. The van der Waals surface area contributed by atoms with Crippen LogP contribution in [0.3, 0.4) is 0 Å². The summed E-state index contributed by atoms with van der Waals surface area (Å²) in [4.78, 5) is 0. The van der Waals surface area contributed by atoms with Crippen LogP contribution in [0.5, 0.6) is 5.75 Å². The highest BCUT2D eigenvalue weighted by Gasteiger charge is 2.19. The molecule has 0 aliphatic carbocycles. The van der Waals surface area contributed by atoms with Gasteiger partial charge in [-0.15, -0.1) is 0 Å². The number of benzene rings is 1. The van der Waals surface area contributed by atoms with Gasteiger partial charge >= 0.3 is 0 Å².